The van der Waals surface area contributed by atoms with E-state index in [0.29, 0.717) is 23.1 Å². The molecule has 0 bridgehead atoms. The summed E-state index contributed by atoms with van der Waals surface area (Å²) in [5, 5.41) is 2.72. The van der Waals surface area contributed by atoms with Crippen molar-refractivity contribution in [2.75, 3.05) is 7.11 Å². The Bertz CT molecular complexity index is 695. The minimum atomic E-state index is -0.368. The third-order valence-electron chi connectivity index (χ3n) is 4.01. The lowest BCUT2D eigenvalue weighted by Crippen LogP contribution is -2.22. The van der Waals surface area contributed by atoms with Gasteiger partial charge < -0.3 is 14.5 Å². The topological polar surface area (TPSA) is 51.5 Å². The van der Waals surface area contributed by atoms with Crippen LogP contribution in [-0.2, 0) is 6.54 Å². The molecule has 0 spiro atoms. The molecule has 2 unspecified atom stereocenters. The molecular formula is C17H18FNO3. The van der Waals surface area contributed by atoms with Crippen molar-refractivity contribution in [2.24, 2.45) is 5.92 Å². The molecule has 1 heterocycles. The number of furan rings is 1. The average Bonchev–Trinajstić information content (AvgIpc) is 3.04. The molecule has 0 radical (unpaired) electrons. The number of hydrogen-bond acceptors (Lipinski definition) is 3. The lowest BCUT2D eigenvalue weighted by molar-refractivity contribution is 0.0921. The van der Waals surface area contributed by atoms with Crippen LogP contribution in [0.25, 0.3) is 0 Å². The van der Waals surface area contributed by atoms with Crippen LogP contribution >= 0.6 is 0 Å². The third-order valence-corrected chi connectivity index (χ3v) is 4.01. The Kier molecular flexibility index (Phi) is 3.88. The van der Waals surface area contributed by atoms with Gasteiger partial charge in [-0.1, -0.05) is 6.92 Å². The Morgan fingerprint density at radius 2 is 2.18 bits per heavy atom. The van der Waals surface area contributed by atoms with E-state index in [4.69, 9.17) is 9.15 Å². The van der Waals surface area contributed by atoms with Gasteiger partial charge in [0.05, 0.1) is 7.11 Å². The van der Waals surface area contributed by atoms with Gasteiger partial charge >= 0.3 is 0 Å². The van der Waals surface area contributed by atoms with E-state index in [1.54, 1.807) is 6.07 Å². The van der Waals surface area contributed by atoms with Gasteiger partial charge in [-0.2, -0.15) is 0 Å². The van der Waals surface area contributed by atoms with Crippen LogP contribution in [0, 0.1) is 11.7 Å². The van der Waals surface area contributed by atoms with E-state index in [9.17, 15) is 9.18 Å². The molecule has 1 aromatic heterocycles. The first-order valence-electron chi connectivity index (χ1n) is 7.29. The molecule has 5 heteroatoms. The zero-order chi connectivity index (χ0) is 15.7. The van der Waals surface area contributed by atoms with Crippen LogP contribution in [0.3, 0.4) is 0 Å². The van der Waals surface area contributed by atoms with Crippen LogP contribution in [0.2, 0.25) is 0 Å². The minimum Gasteiger partial charge on any atom is -0.496 e. The molecule has 1 fully saturated rings. The van der Waals surface area contributed by atoms with Gasteiger partial charge in [0.2, 0.25) is 0 Å². The molecule has 22 heavy (non-hydrogen) atoms. The van der Waals surface area contributed by atoms with E-state index in [1.165, 1.54) is 25.3 Å². The summed E-state index contributed by atoms with van der Waals surface area (Å²) in [7, 11) is 1.51. The van der Waals surface area contributed by atoms with Crippen LogP contribution in [-0.4, -0.2) is 13.0 Å². The van der Waals surface area contributed by atoms with Crippen molar-refractivity contribution in [2.45, 2.75) is 25.8 Å². The number of nitrogens with one attached hydrogen (secondary N) is 1. The van der Waals surface area contributed by atoms with Crippen LogP contribution in [0.5, 0.6) is 5.75 Å². The maximum atomic E-state index is 13.3. The van der Waals surface area contributed by atoms with E-state index in [-0.39, 0.29) is 24.0 Å². The second-order valence-corrected chi connectivity index (χ2v) is 5.66. The first-order valence-corrected chi connectivity index (χ1v) is 7.29. The number of carbonyl (C=O) groups excluding carboxylic acids is 1. The summed E-state index contributed by atoms with van der Waals surface area (Å²) in [5.41, 5.74) is 0.582. The van der Waals surface area contributed by atoms with E-state index in [2.05, 4.69) is 12.2 Å². The van der Waals surface area contributed by atoms with Gasteiger partial charge in [0.15, 0.2) is 5.76 Å². The molecule has 2 aromatic rings. The van der Waals surface area contributed by atoms with Gasteiger partial charge in [-0.3, -0.25) is 4.79 Å². The molecule has 3 rings (SSSR count). The second-order valence-electron chi connectivity index (χ2n) is 5.66. The van der Waals surface area contributed by atoms with Gasteiger partial charge in [0.25, 0.3) is 5.91 Å². The fourth-order valence-electron chi connectivity index (χ4n) is 2.54. The van der Waals surface area contributed by atoms with Crippen molar-refractivity contribution in [3.8, 4) is 5.75 Å². The number of halogens is 1. The highest BCUT2D eigenvalue weighted by atomic mass is 19.1. The Morgan fingerprint density at radius 1 is 1.41 bits per heavy atom. The normalized spacial score (nSPS) is 19.8. The number of hydrogen-bond donors (Lipinski definition) is 1. The van der Waals surface area contributed by atoms with E-state index in [0.717, 1.165) is 12.2 Å². The molecule has 1 saturated carbocycles. The summed E-state index contributed by atoms with van der Waals surface area (Å²) in [6.07, 6.45) is 1.11. The number of rotatable bonds is 5. The fraction of sp³-hybridized carbons (Fsp3) is 0.353. The molecule has 1 aliphatic carbocycles. The van der Waals surface area contributed by atoms with Gasteiger partial charge in [-0.05, 0) is 42.7 Å². The number of benzene rings is 1. The van der Waals surface area contributed by atoms with Gasteiger partial charge in [0, 0.05) is 18.0 Å². The molecule has 1 aliphatic rings. The quantitative estimate of drug-likeness (QED) is 0.920. The van der Waals surface area contributed by atoms with E-state index >= 15 is 0 Å². The lowest BCUT2D eigenvalue weighted by Gasteiger charge is -2.09. The molecule has 1 amide bonds. The van der Waals surface area contributed by atoms with E-state index in [1.807, 2.05) is 6.07 Å². The molecule has 0 saturated heterocycles. The van der Waals surface area contributed by atoms with Gasteiger partial charge in [-0.25, -0.2) is 4.39 Å². The van der Waals surface area contributed by atoms with Crippen molar-refractivity contribution in [1.29, 1.82) is 0 Å². The standard InChI is InChI=1S/C17H18FNO3/c1-10-7-13(10)15-5-6-16(22-15)17(20)19-9-11-8-12(18)3-4-14(11)21-2/h3-6,8,10,13H,7,9H2,1-2H3,(H,19,20). The fourth-order valence-corrected chi connectivity index (χ4v) is 2.54. The van der Waals surface area contributed by atoms with Crippen LogP contribution in [0.4, 0.5) is 4.39 Å². The third kappa shape index (κ3) is 2.98. The minimum absolute atomic E-state index is 0.176. The summed E-state index contributed by atoms with van der Waals surface area (Å²) in [5.74, 6) is 2.06. The Balaban J connectivity index is 1.65. The van der Waals surface area contributed by atoms with Crippen LogP contribution < -0.4 is 10.1 Å². The first-order chi connectivity index (χ1) is 10.6. The van der Waals surface area contributed by atoms with Gasteiger partial charge in [0.1, 0.15) is 17.3 Å². The highest BCUT2D eigenvalue weighted by molar-refractivity contribution is 5.91. The number of ether oxygens (including phenoxy) is 1. The summed E-state index contributed by atoms with van der Waals surface area (Å²) in [4.78, 5) is 12.1. The van der Waals surface area contributed by atoms with E-state index < -0.39 is 0 Å². The summed E-state index contributed by atoms with van der Waals surface area (Å²) in [6, 6.07) is 7.74. The number of amides is 1. The van der Waals surface area contributed by atoms with Crippen molar-refractivity contribution in [1.82, 2.24) is 5.32 Å². The van der Waals surface area contributed by atoms with Crippen molar-refractivity contribution in [3.63, 3.8) is 0 Å². The Morgan fingerprint density at radius 3 is 2.86 bits per heavy atom. The average molecular weight is 303 g/mol. The zero-order valence-corrected chi connectivity index (χ0v) is 12.6. The first kappa shape index (κ1) is 14.6. The molecule has 4 nitrogen and oxygen atoms in total. The molecular weight excluding hydrogens is 285 g/mol. The second kappa shape index (κ2) is 5.83. The zero-order valence-electron chi connectivity index (χ0n) is 12.6. The van der Waals surface area contributed by atoms with Crippen molar-refractivity contribution >= 4 is 5.91 Å². The summed E-state index contributed by atoms with van der Waals surface area (Å²) >= 11 is 0. The maximum Gasteiger partial charge on any atom is 0.287 e. The largest absolute Gasteiger partial charge is 0.496 e. The molecule has 2 atom stereocenters. The SMILES string of the molecule is COc1ccc(F)cc1CNC(=O)c1ccc(C2CC2C)o1. The maximum absolute atomic E-state index is 13.3. The van der Waals surface area contributed by atoms with Crippen molar-refractivity contribution in [3.05, 3.63) is 53.2 Å². The summed E-state index contributed by atoms with van der Waals surface area (Å²) in [6.45, 7) is 2.33. The highest BCUT2D eigenvalue weighted by Crippen LogP contribution is 2.47. The summed E-state index contributed by atoms with van der Waals surface area (Å²) < 4.78 is 24.0. The highest BCUT2D eigenvalue weighted by Gasteiger charge is 2.36. The predicted octanol–water partition coefficient (Wildman–Crippen LogP) is 3.48. The lowest BCUT2D eigenvalue weighted by atomic mass is 10.2. The predicted molar refractivity (Wildman–Crippen MR) is 79.4 cm³/mol. The van der Waals surface area contributed by atoms with Crippen LogP contribution in [0.15, 0.2) is 34.7 Å². The number of methoxy groups -OCH3 is 1. The smallest absolute Gasteiger partial charge is 0.287 e. The Hall–Kier alpha value is -2.30. The molecule has 1 N–H and O–H groups in total. The van der Waals surface area contributed by atoms with Crippen molar-refractivity contribution < 1.29 is 18.3 Å². The molecule has 0 aliphatic heterocycles. The van der Waals surface area contributed by atoms with Crippen LogP contribution in [0.1, 0.15) is 41.1 Å². The number of carbonyl (C=O) groups is 1. The molecule has 1 aromatic carbocycles. The monoisotopic (exact) mass is 303 g/mol. The van der Waals surface area contributed by atoms with Gasteiger partial charge in [-0.15, -0.1) is 0 Å². The Labute approximate surface area is 128 Å². The molecule has 116 valence electrons.